The summed E-state index contributed by atoms with van der Waals surface area (Å²) < 4.78 is 0. The molecule has 1 fully saturated rings. The van der Waals surface area contributed by atoms with Gasteiger partial charge < -0.3 is 15.8 Å². The van der Waals surface area contributed by atoms with E-state index in [1.807, 2.05) is 4.90 Å². The van der Waals surface area contributed by atoms with Crippen LogP contribution in [-0.4, -0.2) is 34.9 Å². The molecule has 0 atom stereocenters. The van der Waals surface area contributed by atoms with Gasteiger partial charge in [0.25, 0.3) is 5.91 Å². The Kier molecular flexibility index (Phi) is 3.97. The van der Waals surface area contributed by atoms with Gasteiger partial charge in [-0.15, -0.1) is 0 Å². The van der Waals surface area contributed by atoms with Crippen molar-refractivity contribution in [3.63, 3.8) is 0 Å². The van der Waals surface area contributed by atoms with Gasteiger partial charge in [-0.25, -0.2) is 0 Å². The number of nitrogens with two attached hydrogens (primary N) is 1. The van der Waals surface area contributed by atoms with E-state index in [4.69, 9.17) is 10.9 Å². The predicted molar refractivity (Wildman–Crippen MR) is 77.9 cm³/mol. The normalized spacial score (nSPS) is 18.9. The molecule has 5 nitrogen and oxygen atoms in total. The summed E-state index contributed by atoms with van der Waals surface area (Å²) in [6.45, 7) is 5.97. The van der Waals surface area contributed by atoms with Crippen molar-refractivity contribution in [1.82, 2.24) is 4.90 Å². The number of carbonyl (C=O) groups excluding carboxylic acids is 1. The van der Waals surface area contributed by atoms with E-state index < -0.39 is 0 Å². The van der Waals surface area contributed by atoms with Crippen LogP contribution in [0.3, 0.4) is 0 Å². The number of amidine groups is 1. The van der Waals surface area contributed by atoms with Crippen molar-refractivity contribution in [3.05, 3.63) is 35.4 Å². The molecule has 0 aromatic heterocycles. The van der Waals surface area contributed by atoms with Crippen molar-refractivity contribution >= 4 is 11.7 Å². The summed E-state index contributed by atoms with van der Waals surface area (Å²) in [6.07, 6.45) is 2.19. The quantitative estimate of drug-likeness (QED) is 0.375. The highest BCUT2D eigenvalue weighted by Crippen LogP contribution is 2.29. The molecule has 0 radical (unpaired) electrons. The molecule has 3 N–H and O–H groups in total. The highest BCUT2D eigenvalue weighted by atomic mass is 16.4. The SMILES string of the molecule is CC1(C)CCCN(C(=O)c2ccc(C(N)=NO)cc2)C1. The van der Waals surface area contributed by atoms with Crippen LogP contribution >= 0.6 is 0 Å². The number of carbonyl (C=O) groups is 1. The topological polar surface area (TPSA) is 78.9 Å². The van der Waals surface area contributed by atoms with Gasteiger partial charge in [0.15, 0.2) is 5.84 Å². The summed E-state index contributed by atoms with van der Waals surface area (Å²) in [6, 6.07) is 6.82. The van der Waals surface area contributed by atoms with Crippen LogP contribution in [0.5, 0.6) is 0 Å². The number of benzene rings is 1. The molecule has 1 amide bonds. The average molecular weight is 275 g/mol. The second kappa shape index (κ2) is 5.53. The van der Waals surface area contributed by atoms with Crippen LogP contribution in [0.1, 0.15) is 42.6 Å². The monoisotopic (exact) mass is 275 g/mol. The molecule has 0 aliphatic carbocycles. The van der Waals surface area contributed by atoms with Gasteiger partial charge in [0, 0.05) is 24.2 Å². The van der Waals surface area contributed by atoms with Crippen molar-refractivity contribution in [2.45, 2.75) is 26.7 Å². The molecule has 1 aromatic rings. The molecule has 0 saturated carbocycles. The fourth-order valence-electron chi connectivity index (χ4n) is 2.62. The Morgan fingerprint density at radius 2 is 1.90 bits per heavy atom. The maximum absolute atomic E-state index is 12.5. The number of rotatable bonds is 2. The Bertz CT molecular complexity index is 520. The van der Waals surface area contributed by atoms with E-state index in [0.717, 1.165) is 25.9 Å². The van der Waals surface area contributed by atoms with E-state index >= 15 is 0 Å². The van der Waals surface area contributed by atoms with Crippen LogP contribution < -0.4 is 5.73 Å². The Balaban J connectivity index is 2.13. The zero-order chi connectivity index (χ0) is 14.8. The Morgan fingerprint density at radius 1 is 1.30 bits per heavy atom. The van der Waals surface area contributed by atoms with Gasteiger partial charge in [-0.3, -0.25) is 4.79 Å². The molecule has 2 rings (SSSR count). The summed E-state index contributed by atoms with van der Waals surface area (Å²) in [5, 5.41) is 11.6. The number of piperidine rings is 1. The third kappa shape index (κ3) is 3.10. The third-order valence-corrected chi connectivity index (χ3v) is 3.72. The Labute approximate surface area is 119 Å². The smallest absolute Gasteiger partial charge is 0.253 e. The second-order valence-corrected chi connectivity index (χ2v) is 6.06. The zero-order valence-corrected chi connectivity index (χ0v) is 12.0. The van der Waals surface area contributed by atoms with Gasteiger partial charge in [-0.05, 0) is 30.4 Å². The van der Waals surface area contributed by atoms with Gasteiger partial charge in [-0.1, -0.05) is 31.1 Å². The van der Waals surface area contributed by atoms with Crippen molar-refractivity contribution in [3.8, 4) is 0 Å². The minimum atomic E-state index is 0.0445. The van der Waals surface area contributed by atoms with Crippen LogP contribution in [0.25, 0.3) is 0 Å². The molecule has 1 heterocycles. The summed E-state index contributed by atoms with van der Waals surface area (Å²) in [5.74, 6) is 0.0898. The predicted octanol–water partition coefficient (Wildman–Crippen LogP) is 2.04. The highest BCUT2D eigenvalue weighted by molar-refractivity contribution is 5.99. The van der Waals surface area contributed by atoms with Crippen molar-refractivity contribution in [1.29, 1.82) is 0 Å². The van der Waals surface area contributed by atoms with Gasteiger partial charge in [0.05, 0.1) is 0 Å². The number of nitrogens with zero attached hydrogens (tertiary/aromatic N) is 2. The summed E-state index contributed by atoms with van der Waals surface area (Å²) in [5.41, 5.74) is 6.92. The van der Waals surface area contributed by atoms with E-state index in [1.54, 1.807) is 24.3 Å². The summed E-state index contributed by atoms with van der Waals surface area (Å²) >= 11 is 0. The number of hydrogen-bond acceptors (Lipinski definition) is 3. The minimum absolute atomic E-state index is 0.0445. The number of likely N-dealkylation sites (tertiary alicyclic amines) is 1. The largest absolute Gasteiger partial charge is 0.409 e. The lowest BCUT2D eigenvalue weighted by atomic mass is 9.84. The lowest BCUT2D eigenvalue weighted by Gasteiger charge is -2.38. The highest BCUT2D eigenvalue weighted by Gasteiger charge is 2.29. The molecular formula is C15H21N3O2. The van der Waals surface area contributed by atoms with Gasteiger partial charge in [-0.2, -0.15) is 0 Å². The van der Waals surface area contributed by atoms with Gasteiger partial charge in [0.1, 0.15) is 0 Å². The van der Waals surface area contributed by atoms with Crippen LogP contribution in [0.15, 0.2) is 29.4 Å². The zero-order valence-electron chi connectivity index (χ0n) is 12.0. The van der Waals surface area contributed by atoms with Crippen LogP contribution in [-0.2, 0) is 0 Å². The fourth-order valence-corrected chi connectivity index (χ4v) is 2.62. The van der Waals surface area contributed by atoms with Crippen LogP contribution in [0.2, 0.25) is 0 Å². The molecule has 108 valence electrons. The maximum atomic E-state index is 12.5. The second-order valence-electron chi connectivity index (χ2n) is 6.06. The van der Waals surface area contributed by atoms with Crippen molar-refractivity contribution in [2.75, 3.05) is 13.1 Å². The minimum Gasteiger partial charge on any atom is -0.409 e. The van der Waals surface area contributed by atoms with E-state index in [-0.39, 0.29) is 17.2 Å². The molecule has 1 aromatic carbocycles. The standard InChI is InChI=1S/C15H21N3O2/c1-15(2)8-3-9-18(10-15)14(19)12-6-4-11(5-7-12)13(16)17-20/h4-7,20H,3,8-10H2,1-2H3,(H2,16,17). The molecule has 1 aliphatic heterocycles. The summed E-state index contributed by atoms with van der Waals surface area (Å²) in [7, 11) is 0. The fraction of sp³-hybridized carbons (Fsp3) is 0.467. The lowest BCUT2D eigenvalue weighted by Crippen LogP contribution is -2.43. The molecule has 0 unspecified atom stereocenters. The lowest BCUT2D eigenvalue weighted by molar-refractivity contribution is 0.0583. The first-order chi connectivity index (χ1) is 9.43. The first-order valence-electron chi connectivity index (χ1n) is 6.80. The first kappa shape index (κ1) is 14.4. The van der Waals surface area contributed by atoms with Gasteiger partial charge in [0.2, 0.25) is 0 Å². The third-order valence-electron chi connectivity index (χ3n) is 3.72. The van der Waals surface area contributed by atoms with Crippen LogP contribution in [0.4, 0.5) is 0 Å². The van der Waals surface area contributed by atoms with Crippen LogP contribution in [0, 0.1) is 5.41 Å². The van der Waals surface area contributed by atoms with E-state index in [0.29, 0.717) is 11.1 Å². The molecule has 20 heavy (non-hydrogen) atoms. The molecule has 1 saturated heterocycles. The molecule has 1 aliphatic rings. The Morgan fingerprint density at radius 3 is 2.45 bits per heavy atom. The van der Waals surface area contributed by atoms with Gasteiger partial charge >= 0.3 is 0 Å². The van der Waals surface area contributed by atoms with E-state index in [2.05, 4.69) is 19.0 Å². The molecule has 0 spiro atoms. The number of oxime groups is 1. The van der Waals surface area contributed by atoms with E-state index in [1.165, 1.54) is 0 Å². The average Bonchev–Trinajstić information content (AvgIpc) is 2.45. The maximum Gasteiger partial charge on any atom is 0.253 e. The first-order valence-corrected chi connectivity index (χ1v) is 6.80. The number of hydrogen-bond donors (Lipinski definition) is 2. The summed E-state index contributed by atoms with van der Waals surface area (Å²) in [4.78, 5) is 14.4. The van der Waals surface area contributed by atoms with Crippen molar-refractivity contribution < 1.29 is 10.0 Å². The van der Waals surface area contributed by atoms with E-state index in [9.17, 15) is 4.79 Å². The molecular weight excluding hydrogens is 254 g/mol. The van der Waals surface area contributed by atoms with Crippen molar-refractivity contribution in [2.24, 2.45) is 16.3 Å². The molecule has 5 heteroatoms. The molecule has 0 bridgehead atoms. The Hall–Kier alpha value is -2.04. The number of amides is 1.